The van der Waals surface area contributed by atoms with Crippen LogP contribution in [0.1, 0.15) is 10.4 Å². The average molecular weight is 208 g/mol. The highest BCUT2D eigenvalue weighted by molar-refractivity contribution is 5.94. The third kappa shape index (κ3) is 1.92. The molecular formula is C10H12N2O3. The minimum Gasteiger partial charge on any atom is -0.396 e. The third-order valence-corrected chi connectivity index (χ3v) is 2.53. The molecule has 1 aromatic heterocycles. The summed E-state index contributed by atoms with van der Waals surface area (Å²) in [5.74, 6) is 0.104. The van der Waals surface area contributed by atoms with Gasteiger partial charge in [0.25, 0.3) is 5.91 Å². The number of hydrogen-bond donors (Lipinski definition) is 2. The van der Waals surface area contributed by atoms with E-state index in [1.54, 1.807) is 4.90 Å². The van der Waals surface area contributed by atoms with E-state index < -0.39 is 0 Å². The van der Waals surface area contributed by atoms with E-state index in [9.17, 15) is 9.59 Å². The van der Waals surface area contributed by atoms with Crippen LogP contribution in [0.15, 0.2) is 23.1 Å². The summed E-state index contributed by atoms with van der Waals surface area (Å²) in [6.45, 7) is 1.30. The largest absolute Gasteiger partial charge is 0.396 e. The van der Waals surface area contributed by atoms with Gasteiger partial charge in [-0.05, 0) is 6.07 Å². The minimum absolute atomic E-state index is 0.101. The molecule has 1 saturated heterocycles. The van der Waals surface area contributed by atoms with Crippen LogP contribution in [-0.4, -0.2) is 40.6 Å². The van der Waals surface area contributed by atoms with Crippen molar-refractivity contribution >= 4 is 5.91 Å². The Labute approximate surface area is 86.3 Å². The van der Waals surface area contributed by atoms with E-state index in [0.29, 0.717) is 18.7 Å². The molecule has 0 spiro atoms. The average Bonchev–Trinajstić information content (AvgIpc) is 2.17. The highest BCUT2D eigenvalue weighted by Gasteiger charge is 2.30. The van der Waals surface area contributed by atoms with Gasteiger partial charge in [-0.15, -0.1) is 0 Å². The molecule has 15 heavy (non-hydrogen) atoms. The number of H-pyrrole nitrogens is 1. The maximum absolute atomic E-state index is 11.7. The molecule has 1 aromatic rings. The number of amides is 1. The van der Waals surface area contributed by atoms with Crippen LogP contribution < -0.4 is 5.56 Å². The van der Waals surface area contributed by atoms with Crippen LogP contribution in [0.4, 0.5) is 0 Å². The summed E-state index contributed by atoms with van der Waals surface area (Å²) >= 11 is 0. The van der Waals surface area contributed by atoms with Crippen LogP contribution in [-0.2, 0) is 0 Å². The topological polar surface area (TPSA) is 73.4 Å². The molecule has 1 aliphatic rings. The van der Waals surface area contributed by atoms with Crippen molar-refractivity contribution in [3.05, 3.63) is 34.2 Å². The monoisotopic (exact) mass is 208 g/mol. The normalized spacial score (nSPS) is 16.2. The van der Waals surface area contributed by atoms with Crippen LogP contribution in [0.3, 0.4) is 0 Å². The molecule has 1 fully saturated rings. The Balaban J connectivity index is 2.03. The van der Waals surface area contributed by atoms with Gasteiger partial charge >= 0.3 is 0 Å². The molecular weight excluding hydrogens is 196 g/mol. The standard InChI is InChI=1S/C10H12N2O3/c13-6-7-4-12(5-7)10(15)8-1-2-9(14)11-3-8/h1-3,7,13H,4-6H2,(H,11,14). The van der Waals surface area contributed by atoms with E-state index in [4.69, 9.17) is 5.11 Å². The lowest BCUT2D eigenvalue weighted by molar-refractivity contribution is 0.0361. The molecule has 2 heterocycles. The number of rotatable bonds is 2. The molecule has 0 saturated carbocycles. The molecule has 0 atom stereocenters. The SMILES string of the molecule is O=C(c1ccc(=O)[nH]c1)N1CC(CO)C1. The Morgan fingerprint density at radius 3 is 2.80 bits per heavy atom. The number of hydrogen-bond acceptors (Lipinski definition) is 3. The van der Waals surface area contributed by atoms with Gasteiger partial charge in [0.15, 0.2) is 0 Å². The summed E-state index contributed by atoms with van der Waals surface area (Å²) in [6.07, 6.45) is 1.41. The van der Waals surface area contributed by atoms with Crippen molar-refractivity contribution in [3.63, 3.8) is 0 Å². The number of nitrogens with zero attached hydrogens (tertiary/aromatic N) is 1. The first-order valence-electron chi connectivity index (χ1n) is 4.79. The number of aromatic amines is 1. The van der Waals surface area contributed by atoms with Crippen LogP contribution in [0.25, 0.3) is 0 Å². The van der Waals surface area contributed by atoms with Gasteiger partial charge in [-0.1, -0.05) is 0 Å². The fraction of sp³-hybridized carbons (Fsp3) is 0.400. The van der Waals surface area contributed by atoms with Crippen LogP contribution in [0.5, 0.6) is 0 Å². The number of carbonyl (C=O) groups excluding carboxylic acids is 1. The van der Waals surface area contributed by atoms with Gasteiger partial charge in [0, 0.05) is 37.9 Å². The summed E-state index contributed by atoms with van der Waals surface area (Å²) in [4.78, 5) is 26.6. The Morgan fingerprint density at radius 1 is 1.53 bits per heavy atom. The van der Waals surface area contributed by atoms with Crippen molar-refractivity contribution in [1.82, 2.24) is 9.88 Å². The summed E-state index contributed by atoms with van der Waals surface area (Å²) in [5, 5.41) is 8.81. The van der Waals surface area contributed by atoms with Crippen molar-refractivity contribution in [1.29, 1.82) is 0 Å². The van der Waals surface area contributed by atoms with Crippen LogP contribution in [0.2, 0.25) is 0 Å². The Bertz CT molecular complexity index is 400. The molecule has 0 unspecified atom stereocenters. The van der Waals surface area contributed by atoms with Gasteiger partial charge in [-0.2, -0.15) is 0 Å². The van der Waals surface area contributed by atoms with Crippen molar-refractivity contribution in [2.75, 3.05) is 19.7 Å². The van der Waals surface area contributed by atoms with E-state index in [0.717, 1.165) is 0 Å². The number of aliphatic hydroxyl groups is 1. The van der Waals surface area contributed by atoms with Gasteiger partial charge < -0.3 is 15.0 Å². The van der Waals surface area contributed by atoms with Gasteiger partial charge in [-0.25, -0.2) is 0 Å². The lowest BCUT2D eigenvalue weighted by Gasteiger charge is -2.38. The zero-order valence-electron chi connectivity index (χ0n) is 8.14. The van der Waals surface area contributed by atoms with Crippen molar-refractivity contribution in [2.45, 2.75) is 0 Å². The number of likely N-dealkylation sites (tertiary alicyclic amines) is 1. The molecule has 0 radical (unpaired) electrons. The summed E-state index contributed by atoms with van der Waals surface area (Å²) in [7, 11) is 0. The van der Waals surface area contributed by atoms with Gasteiger partial charge in [0.1, 0.15) is 0 Å². The lowest BCUT2D eigenvalue weighted by Crippen LogP contribution is -2.51. The lowest BCUT2D eigenvalue weighted by atomic mass is 10.0. The van der Waals surface area contributed by atoms with Gasteiger partial charge in [0.05, 0.1) is 5.56 Å². The Kier molecular flexibility index (Phi) is 2.55. The molecule has 0 aromatic carbocycles. The predicted octanol–water partition coefficient (Wildman–Crippen LogP) is -0.561. The molecule has 2 rings (SSSR count). The van der Waals surface area contributed by atoms with Crippen molar-refractivity contribution in [3.8, 4) is 0 Å². The second-order valence-corrected chi connectivity index (χ2v) is 3.70. The van der Waals surface area contributed by atoms with Gasteiger partial charge in [0.2, 0.25) is 5.56 Å². The number of aliphatic hydroxyl groups excluding tert-OH is 1. The molecule has 0 aliphatic carbocycles. The molecule has 1 aliphatic heterocycles. The second kappa shape index (κ2) is 3.86. The fourth-order valence-corrected chi connectivity index (χ4v) is 1.58. The maximum Gasteiger partial charge on any atom is 0.255 e. The number of aromatic nitrogens is 1. The fourth-order valence-electron chi connectivity index (χ4n) is 1.58. The smallest absolute Gasteiger partial charge is 0.255 e. The van der Waals surface area contributed by atoms with Gasteiger partial charge in [-0.3, -0.25) is 9.59 Å². The molecule has 5 nitrogen and oxygen atoms in total. The summed E-state index contributed by atoms with van der Waals surface area (Å²) in [5.41, 5.74) is 0.259. The van der Waals surface area contributed by atoms with Crippen molar-refractivity contribution < 1.29 is 9.90 Å². The second-order valence-electron chi connectivity index (χ2n) is 3.70. The highest BCUT2D eigenvalue weighted by Crippen LogP contribution is 2.17. The van der Waals surface area contributed by atoms with Crippen molar-refractivity contribution in [2.24, 2.45) is 5.92 Å². The Hall–Kier alpha value is -1.62. The van der Waals surface area contributed by atoms with E-state index in [2.05, 4.69) is 4.98 Å². The summed E-state index contributed by atoms with van der Waals surface area (Å²) in [6, 6.07) is 2.84. The van der Waals surface area contributed by atoms with Crippen LogP contribution in [0, 0.1) is 5.92 Å². The Morgan fingerprint density at radius 2 is 2.27 bits per heavy atom. The predicted molar refractivity (Wildman–Crippen MR) is 53.5 cm³/mol. The highest BCUT2D eigenvalue weighted by atomic mass is 16.3. The molecule has 80 valence electrons. The molecule has 0 bridgehead atoms. The maximum atomic E-state index is 11.7. The first kappa shape index (κ1) is 9.92. The minimum atomic E-state index is -0.219. The number of pyridine rings is 1. The van der Waals surface area contributed by atoms with E-state index in [1.807, 2.05) is 0 Å². The molecule has 2 N–H and O–H groups in total. The summed E-state index contributed by atoms with van der Waals surface area (Å²) < 4.78 is 0. The van der Waals surface area contributed by atoms with E-state index >= 15 is 0 Å². The molecule has 1 amide bonds. The first-order valence-corrected chi connectivity index (χ1v) is 4.79. The number of nitrogens with one attached hydrogen (secondary N) is 1. The zero-order chi connectivity index (χ0) is 10.8. The van der Waals surface area contributed by atoms with E-state index in [-0.39, 0.29) is 24.0 Å². The molecule has 5 heteroatoms. The number of carbonyl (C=O) groups is 1. The third-order valence-electron chi connectivity index (χ3n) is 2.53. The van der Waals surface area contributed by atoms with E-state index in [1.165, 1.54) is 18.3 Å². The quantitative estimate of drug-likeness (QED) is 0.684. The first-order chi connectivity index (χ1) is 7.20. The zero-order valence-corrected chi connectivity index (χ0v) is 8.14. The van der Waals surface area contributed by atoms with Crippen LogP contribution >= 0.6 is 0 Å².